The second-order valence-electron chi connectivity index (χ2n) is 3.63. The summed E-state index contributed by atoms with van der Waals surface area (Å²) in [4.78, 5) is 11.3. The van der Waals surface area contributed by atoms with Gasteiger partial charge in [0.15, 0.2) is 0 Å². The van der Waals surface area contributed by atoms with Crippen molar-refractivity contribution < 1.29 is 13.9 Å². The van der Waals surface area contributed by atoms with E-state index >= 15 is 0 Å². The lowest BCUT2D eigenvalue weighted by Crippen LogP contribution is -2.33. The molecule has 4 nitrogen and oxygen atoms in total. The third kappa shape index (κ3) is 6.00. The molecule has 0 unspecified atom stereocenters. The first-order chi connectivity index (χ1) is 8.72. The van der Waals surface area contributed by atoms with Crippen molar-refractivity contribution in [2.24, 2.45) is 0 Å². The van der Waals surface area contributed by atoms with E-state index in [4.69, 9.17) is 4.74 Å². The molecular weight excluding hydrogens is 235 g/mol. The number of halogens is 1. The fraction of sp³-hybridized carbons (Fsp3) is 0.308. The zero-order chi connectivity index (χ0) is 13.2. The minimum atomic E-state index is -0.304. The number of urea groups is 1. The quantitative estimate of drug-likeness (QED) is 0.762. The first-order valence-electron chi connectivity index (χ1n) is 5.68. The number of benzene rings is 1. The van der Waals surface area contributed by atoms with Gasteiger partial charge in [0.2, 0.25) is 0 Å². The van der Waals surface area contributed by atoms with Crippen LogP contribution in [0.4, 0.5) is 9.18 Å². The average Bonchev–Trinajstić information content (AvgIpc) is 2.35. The van der Waals surface area contributed by atoms with Crippen LogP contribution in [-0.2, 0) is 4.74 Å². The van der Waals surface area contributed by atoms with E-state index in [-0.39, 0.29) is 11.8 Å². The third-order valence-corrected chi connectivity index (χ3v) is 2.15. The van der Waals surface area contributed by atoms with Crippen molar-refractivity contribution in [1.29, 1.82) is 0 Å². The van der Waals surface area contributed by atoms with Crippen molar-refractivity contribution in [3.05, 3.63) is 41.8 Å². The topological polar surface area (TPSA) is 50.4 Å². The van der Waals surface area contributed by atoms with E-state index in [0.29, 0.717) is 18.7 Å². The number of methoxy groups -OCH3 is 1. The Labute approximate surface area is 106 Å². The average molecular weight is 252 g/mol. The highest BCUT2D eigenvalue weighted by Gasteiger charge is 1.95. The van der Waals surface area contributed by atoms with Crippen molar-refractivity contribution in [1.82, 2.24) is 10.6 Å². The fourth-order valence-corrected chi connectivity index (χ4v) is 1.29. The summed E-state index contributed by atoms with van der Waals surface area (Å²) in [6, 6.07) is 5.82. The number of amides is 2. The Hall–Kier alpha value is -1.88. The molecule has 0 aliphatic heterocycles. The van der Waals surface area contributed by atoms with Gasteiger partial charge in [-0.25, -0.2) is 9.18 Å². The molecule has 0 aliphatic rings. The molecule has 0 saturated carbocycles. The Bertz CT molecular complexity index is 408. The monoisotopic (exact) mass is 252 g/mol. The second-order valence-corrected chi connectivity index (χ2v) is 3.63. The minimum Gasteiger partial charge on any atom is -0.385 e. The molecule has 0 radical (unpaired) electrons. The van der Waals surface area contributed by atoms with Crippen LogP contribution < -0.4 is 10.6 Å². The van der Waals surface area contributed by atoms with Gasteiger partial charge in [-0.2, -0.15) is 0 Å². The third-order valence-electron chi connectivity index (χ3n) is 2.15. The van der Waals surface area contributed by atoms with Gasteiger partial charge in [-0.1, -0.05) is 12.1 Å². The maximum absolute atomic E-state index is 12.8. The Balaban J connectivity index is 2.25. The number of hydrogen-bond donors (Lipinski definition) is 2. The molecule has 2 amide bonds. The summed E-state index contributed by atoms with van der Waals surface area (Å²) in [5.41, 5.74) is 0.690. The van der Waals surface area contributed by atoms with E-state index in [1.54, 1.807) is 25.3 Å². The summed E-state index contributed by atoms with van der Waals surface area (Å²) in [6.07, 6.45) is 3.86. The SMILES string of the molecule is COCCCNC(=O)N/C=C/c1cccc(F)c1. The number of nitrogens with one attached hydrogen (secondary N) is 2. The molecule has 18 heavy (non-hydrogen) atoms. The molecule has 98 valence electrons. The molecule has 0 spiro atoms. The minimum absolute atomic E-state index is 0.293. The number of rotatable bonds is 6. The maximum atomic E-state index is 12.8. The highest BCUT2D eigenvalue weighted by atomic mass is 19.1. The zero-order valence-corrected chi connectivity index (χ0v) is 10.3. The molecule has 0 aromatic heterocycles. The Morgan fingerprint density at radius 1 is 1.50 bits per heavy atom. The van der Waals surface area contributed by atoms with Crippen molar-refractivity contribution >= 4 is 12.1 Å². The summed E-state index contributed by atoms with van der Waals surface area (Å²) in [6.45, 7) is 1.16. The predicted molar refractivity (Wildman–Crippen MR) is 68.5 cm³/mol. The summed E-state index contributed by atoms with van der Waals surface area (Å²) >= 11 is 0. The Kier molecular flexibility index (Phi) is 6.50. The summed E-state index contributed by atoms with van der Waals surface area (Å²) in [5.74, 6) is -0.304. The lowest BCUT2D eigenvalue weighted by atomic mass is 10.2. The molecule has 1 aromatic carbocycles. The highest BCUT2D eigenvalue weighted by molar-refractivity contribution is 5.75. The van der Waals surface area contributed by atoms with Gasteiger partial charge in [0.05, 0.1) is 0 Å². The lowest BCUT2D eigenvalue weighted by molar-refractivity contribution is 0.193. The van der Waals surface area contributed by atoms with Crippen molar-refractivity contribution in [3.8, 4) is 0 Å². The van der Waals surface area contributed by atoms with Gasteiger partial charge in [-0.15, -0.1) is 0 Å². The molecule has 0 heterocycles. The van der Waals surface area contributed by atoms with Crippen LogP contribution in [0.5, 0.6) is 0 Å². The molecular formula is C13H17FN2O2. The Morgan fingerprint density at radius 2 is 2.33 bits per heavy atom. The van der Waals surface area contributed by atoms with E-state index < -0.39 is 0 Å². The van der Waals surface area contributed by atoms with Crippen LogP contribution in [0.25, 0.3) is 6.08 Å². The molecule has 0 aliphatic carbocycles. The van der Waals surface area contributed by atoms with Crippen LogP contribution in [0.3, 0.4) is 0 Å². The van der Waals surface area contributed by atoms with Crippen LogP contribution in [0.1, 0.15) is 12.0 Å². The fourth-order valence-electron chi connectivity index (χ4n) is 1.29. The van der Waals surface area contributed by atoms with E-state index in [0.717, 1.165) is 6.42 Å². The second kappa shape index (κ2) is 8.25. The molecule has 0 atom stereocenters. The standard InChI is InChI=1S/C13H17FN2O2/c1-18-9-3-7-15-13(17)16-8-6-11-4-2-5-12(14)10-11/h2,4-6,8,10H,3,7,9H2,1H3,(H2,15,16,17)/b8-6+. The molecule has 0 bridgehead atoms. The van der Waals surface area contributed by atoms with Crippen molar-refractivity contribution in [2.45, 2.75) is 6.42 Å². The molecule has 1 aromatic rings. The van der Waals surface area contributed by atoms with Crippen LogP contribution >= 0.6 is 0 Å². The van der Waals surface area contributed by atoms with Gasteiger partial charge in [-0.05, 0) is 30.2 Å². The van der Waals surface area contributed by atoms with Crippen LogP contribution in [0.2, 0.25) is 0 Å². The molecule has 1 rings (SSSR count). The summed E-state index contributed by atoms with van der Waals surface area (Å²) < 4.78 is 17.7. The van der Waals surface area contributed by atoms with Gasteiger partial charge in [0.25, 0.3) is 0 Å². The van der Waals surface area contributed by atoms with Crippen molar-refractivity contribution in [2.75, 3.05) is 20.3 Å². The molecule has 0 fully saturated rings. The van der Waals surface area contributed by atoms with Gasteiger partial charge < -0.3 is 15.4 Å². The zero-order valence-electron chi connectivity index (χ0n) is 10.3. The normalized spacial score (nSPS) is 10.6. The number of carbonyl (C=O) groups is 1. The van der Waals surface area contributed by atoms with Gasteiger partial charge in [-0.3, -0.25) is 0 Å². The number of carbonyl (C=O) groups excluding carboxylic acids is 1. The van der Waals surface area contributed by atoms with Crippen LogP contribution in [0.15, 0.2) is 30.5 Å². The molecule has 5 heteroatoms. The number of ether oxygens (including phenoxy) is 1. The first-order valence-corrected chi connectivity index (χ1v) is 5.68. The van der Waals surface area contributed by atoms with Crippen LogP contribution in [-0.4, -0.2) is 26.3 Å². The highest BCUT2D eigenvalue weighted by Crippen LogP contribution is 2.04. The van der Waals surface area contributed by atoms with E-state index in [1.165, 1.54) is 18.3 Å². The van der Waals surface area contributed by atoms with Gasteiger partial charge in [0, 0.05) is 26.5 Å². The van der Waals surface area contributed by atoms with Crippen LogP contribution in [0, 0.1) is 5.82 Å². The number of hydrogen-bond acceptors (Lipinski definition) is 2. The molecule has 0 saturated heterocycles. The maximum Gasteiger partial charge on any atom is 0.318 e. The van der Waals surface area contributed by atoms with E-state index in [2.05, 4.69) is 10.6 Å². The summed E-state index contributed by atoms with van der Waals surface area (Å²) in [7, 11) is 1.61. The predicted octanol–water partition coefficient (Wildman–Crippen LogP) is 2.13. The largest absolute Gasteiger partial charge is 0.385 e. The lowest BCUT2D eigenvalue weighted by Gasteiger charge is -2.03. The van der Waals surface area contributed by atoms with Gasteiger partial charge >= 0.3 is 6.03 Å². The molecule has 2 N–H and O–H groups in total. The van der Waals surface area contributed by atoms with E-state index in [9.17, 15) is 9.18 Å². The van der Waals surface area contributed by atoms with Crippen molar-refractivity contribution in [3.63, 3.8) is 0 Å². The van der Waals surface area contributed by atoms with Gasteiger partial charge in [0.1, 0.15) is 5.82 Å². The van der Waals surface area contributed by atoms with E-state index in [1.807, 2.05) is 0 Å². The smallest absolute Gasteiger partial charge is 0.318 e. The first kappa shape index (κ1) is 14.2. The summed E-state index contributed by atoms with van der Waals surface area (Å²) in [5, 5.41) is 5.19. The Morgan fingerprint density at radius 3 is 3.06 bits per heavy atom.